The largest absolute Gasteiger partial charge is 0.465 e. The number of piperidine rings is 1. The van der Waals surface area contributed by atoms with E-state index in [1.54, 1.807) is 21.1 Å². The van der Waals surface area contributed by atoms with Crippen LogP contribution in [0.1, 0.15) is 41.9 Å². The molecule has 210 valence electrons. The summed E-state index contributed by atoms with van der Waals surface area (Å²) in [5.41, 5.74) is 1.23. The number of carbonyl (C=O) groups is 3. The molecule has 0 spiro atoms. The lowest BCUT2D eigenvalue weighted by Crippen LogP contribution is -2.55. The van der Waals surface area contributed by atoms with Crippen LogP contribution in [0.4, 0.5) is 10.3 Å². The highest BCUT2D eigenvalue weighted by molar-refractivity contribution is 7.19. The van der Waals surface area contributed by atoms with Crippen molar-refractivity contribution in [2.45, 2.75) is 25.5 Å². The third-order valence-electron chi connectivity index (χ3n) is 6.15. The number of carbonyl (C=O) groups excluding carboxylic acids is 3. The van der Waals surface area contributed by atoms with E-state index in [4.69, 9.17) is 42.4 Å². The van der Waals surface area contributed by atoms with Crippen LogP contribution in [0.5, 0.6) is 0 Å². The minimum atomic E-state index is -0.606. The van der Waals surface area contributed by atoms with E-state index in [0.717, 1.165) is 22.7 Å². The number of methoxy groups -OCH3 is 3. The minimum absolute atomic E-state index is 0.165. The molecule has 2 atom stereocenters. The first kappa shape index (κ1) is 29.1. The quantitative estimate of drug-likeness (QED) is 0.319. The molecule has 1 saturated heterocycles. The Bertz CT molecular complexity index is 1410. The van der Waals surface area contributed by atoms with Gasteiger partial charge in [0.15, 0.2) is 10.3 Å². The summed E-state index contributed by atoms with van der Waals surface area (Å²) in [5.74, 6) is -1.59. The van der Waals surface area contributed by atoms with E-state index in [1.807, 2.05) is 4.90 Å². The second kappa shape index (κ2) is 12.1. The molecule has 1 aliphatic heterocycles. The number of rotatable bonds is 8. The van der Waals surface area contributed by atoms with Crippen LogP contribution in [0.2, 0.25) is 10.0 Å². The number of hydrogen-bond acceptors (Lipinski definition) is 12. The summed E-state index contributed by atoms with van der Waals surface area (Å²) in [5, 5.41) is 7.32. The molecule has 12 nitrogen and oxygen atoms in total. The number of anilines is 2. The van der Waals surface area contributed by atoms with Crippen molar-refractivity contribution in [3.63, 3.8) is 0 Å². The first-order valence-corrected chi connectivity index (χ1v) is 14.0. The number of thiazole rings is 2. The second-order valence-corrected chi connectivity index (χ2v) is 11.2. The lowest BCUT2D eigenvalue weighted by Gasteiger charge is -2.37. The van der Waals surface area contributed by atoms with Crippen molar-refractivity contribution in [3.05, 3.63) is 31.2 Å². The molecular formula is C23H26Cl2N6O6S2. The molecule has 1 fully saturated rings. The normalized spacial score (nSPS) is 17.2. The van der Waals surface area contributed by atoms with Gasteiger partial charge in [0.1, 0.15) is 26.8 Å². The van der Waals surface area contributed by atoms with Gasteiger partial charge in [-0.3, -0.25) is 4.79 Å². The summed E-state index contributed by atoms with van der Waals surface area (Å²) in [6, 6.07) is -0.320. The lowest BCUT2D eigenvalue weighted by atomic mass is 10.0. The van der Waals surface area contributed by atoms with Gasteiger partial charge in [0.25, 0.3) is 5.91 Å². The second-order valence-electron chi connectivity index (χ2n) is 8.45. The molecule has 4 rings (SSSR count). The van der Waals surface area contributed by atoms with E-state index in [1.165, 1.54) is 14.2 Å². The predicted octanol–water partition coefficient (Wildman–Crippen LogP) is 3.85. The average molecular weight is 618 g/mol. The highest BCUT2D eigenvalue weighted by Gasteiger charge is 2.35. The number of ether oxygens (including phenoxy) is 3. The average Bonchev–Trinajstić information content (AvgIpc) is 3.65. The molecular weight excluding hydrogens is 591 g/mol. The number of nitrogens with one attached hydrogen (secondary N) is 3. The maximum absolute atomic E-state index is 12.9. The molecule has 16 heteroatoms. The monoisotopic (exact) mass is 616 g/mol. The highest BCUT2D eigenvalue weighted by Crippen LogP contribution is 2.39. The summed E-state index contributed by atoms with van der Waals surface area (Å²) in [6.45, 7) is 2.60. The SMILES string of the molecule is CNc1nc(-c2nc(N3CC[C@@H](NC(=O)c4[nH]c(C)c(Cl)c4Cl)[C@@H](OC)C3)sc2C(=O)OC)c(C(=O)OC)s1. The highest BCUT2D eigenvalue weighted by atomic mass is 35.5. The van der Waals surface area contributed by atoms with Crippen molar-refractivity contribution in [2.24, 2.45) is 0 Å². The molecule has 39 heavy (non-hydrogen) atoms. The van der Waals surface area contributed by atoms with E-state index in [9.17, 15) is 14.4 Å². The molecule has 0 radical (unpaired) electrons. The Labute approximate surface area is 242 Å². The Morgan fingerprint density at radius 3 is 2.23 bits per heavy atom. The van der Waals surface area contributed by atoms with Gasteiger partial charge >= 0.3 is 11.9 Å². The maximum Gasteiger partial charge on any atom is 0.350 e. The molecule has 0 bridgehead atoms. The zero-order valence-electron chi connectivity index (χ0n) is 21.6. The first-order valence-electron chi connectivity index (χ1n) is 11.6. The van der Waals surface area contributed by atoms with Crippen molar-refractivity contribution in [2.75, 3.05) is 51.7 Å². The molecule has 3 aromatic heterocycles. The number of esters is 2. The molecule has 3 aromatic rings. The van der Waals surface area contributed by atoms with Crippen molar-refractivity contribution in [3.8, 4) is 11.4 Å². The van der Waals surface area contributed by atoms with Crippen LogP contribution < -0.4 is 15.5 Å². The Hall–Kier alpha value is -2.91. The third kappa shape index (κ3) is 5.70. The van der Waals surface area contributed by atoms with Gasteiger partial charge in [0, 0.05) is 32.9 Å². The van der Waals surface area contributed by atoms with Gasteiger partial charge in [0.2, 0.25) is 0 Å². The number of aromatic nitrogens is 3. The van der Waals surface area contributed by atoms with E-state index in [-0.39, 0.29) is 43.8 Å². The van der Waals surface area contributed by atoms with Crippen LogP contribution >= 0.6 is 45.9 Å². The van der Waals surface area contributed by atoms with Crippen LogP contribution in [0.3, 0.4) is 0 Å². The summed E-state index contributed by atoms with van der Waals surface area (Å²) in [6.07, 6.45) is 0.119. The summed E-state index contributed by atoms with van der Waals surface area (Å²) >= 11 is 14.5. The van der Waals surface area contributed by atoms with Gasteiger partial charge < -0.3 is 34.7 Å². The van der Waals surface area contributed by atoms with Gasteiger partial charge in [-0.15, -0.1) is 0 Å². The minimum Gasteiger partial charge on any atom is -0.465 e. The Balaban J connectivity index is 1.60. The fourth-order valence-corrected chi connectivity index (χ4v) is 6.39. The number of aryl methyl sites for hydroxylation is 1. The summed E-state index contributed by atoms with van der Waals surface area (Å²) in [4.78, 5) is 52.4. The number of halogens is 2. The van der Waals surface area contributed by atoms with Crippen molar-refractivity contribution >= 4 is 74.0 Å². The molecule has 1 amide bonds. The van der Waals surface area contributed by atoms with E-state index in [0.29, 0.717) is 40.5 Å². The third-order valence-corrected chi connectivity index (χ3v) is 9.25. The molecule has 0 aromatic carbocycles. The zero-order chi connectivity index (χ0) is 28.4. The van der Waals surface area contributed by atoms with Crippen molar-refractivity contribution in [1.82, 2.24) is 20.3 Å². The van der Waals surface area contributed by atoms with E-state index >= 15 is 0 Å². The van der Waals surface area contributed by atoms with Crippen LogP contribution in [0, 0.1) is 6.92 Å². The number of H-pyrrole nitrogens is 1. The van der Waals surface area contributed by atoms with Gasteiger partial charge in [-0.2, -0.15) is 0 Å². The summed E-state index contributed by atoms with van der Waals surface area (Å²) < 4.78 is 15.6. The molecule has 3 N–H and O–H groups in total. The Morgan fingerprint density at radius 1 is 1.03 bits per heavy atom. The van der Waals surface area contributed by atoms with Gasteiger partial charge in [0.05, 0.1) is 36.4 Å². The number of nitrogens with zero attached hydrogens (tertiary/aromatic N) is 3. The molecule has 1 aliphatic rings. The lowest BCUT2D eigenvalue weighted by molar-refractivity contribution is 0.0540. The fourth-order valence-electron chi connectivity index (χ4n) is 4.12. The van der Waals surface area contributed by atoms with E-state index < -0.39 is 18.0 Å². The van der Waals surface area contributed by atoms with Crippen molar-refractivity contribution in [1.29, 1.82) is 0 Å². The van der Waals surface area contributed by atoms with Crippen LogP contribution in [-0.4, -0.2) is 86.4 Å². The number of hydrogen-bond donors (Lipinski definition) is 3. The predicted molar refractivity (Wildman–Crippen MR) is 150 cm³/mol. The van der Waals surface area contributed by atoms with Gasteiger partial charge in [-0.05, 0) is 13.3 Å². The van der Waals surface area contributed by atoms with Gasteiger partial charge in [-0.25, -0.2) is 19.6 Å². The van der Waals surface area contributed by atoms with Crippen molar-refractivity contribution < 1.29 is 28.6 Å². The van der Waals surface area contributed by atoms with Gasteiger partial charge in [-0.1, -0.05) is 45.9 Å². The maximum atomic E-state index is 12.9. The Kier molecular flexibility index (Phi) is 9.01. The topological polar surface area (TPSA) is 148 Å². The standard InChI is InChI=1S/C23H26Cl2N6O6S2/c1-9-12(24)13(25)14(27-9)19(32)28-10-6-7-31(8-11(10)35-3)23-30-16(18(39-23)21(34)37-5)15-17(20(33)36-4)38-22(26-2)29-15/h10-11,27H,6-8H2,1-5H3,(H,26,29)(H,28,32)/t10-,11+/m1/s1. The van der Waals surface area contributed by atoms with Crippen LogP contribution in [-0.2, 0) is 14.2 Å². The molecule has 4 heterocycles. The molecule has 0 saturated carbocycles. The van der Waals surface area contributed by atoms with Crippen LogP contribution in [0.15, 0.2) is 0 Å². The molecule has 0 unspecified atom stereocenters. The number of amides is 1. The summed E-state index contributed by atoms with van der Waals surface area (Å²) in [7, 11) is 5.77. The first-order chi connectivity index (χ1) is 18.6. The zero-order valence-corrected chi connectivity index (χ0v) is 24.8. The van der Waals surface area contributed by atoms with E-state index in [2.05, 4.69) is 20.6 Å². The van der Waals surface area contributed by atoms with Crippen LogP contribution in [0.25, 0.3) is 11.4 Å². The fraction of sp³-hybridized carbons (Fsp3) is 0.435. The smallest absolute Gasteiger partial charge is 0.350 e. The molecule has 0 aliphatic carbocycles. The number of aromatic amines is 1. The Morgan fingerprint density at radius 2 is 1.67 bits per heavy atom.